The van der Waals surface area contributed by atoms with Gasteiger partial charge in [-0.05, 0) is 19.8 Å². The fourth-order valence-electron chi connectivity index (χ4n) is 2.06. The Labute approximate surface area is 106 Å². The molecule has 0 aromatic carbocycles. The van der Waals surface area contributed by atoms with Crippen molar-refractivity contribution in [2.75, 3.05) is 18.5 Å². The first kappa shape index (κ1) is 12.6. The lowest BCUT2D eigenvalue weighted by Crippen LogP contribution is -2.22. The van der Waals surface area contributed by atoms with Crippen molar-refractivity contribution in [2.24, 2.45) is 5.92 Å². The molecular weight excluding hydrogens is 242 g/mol. The van der Waals surface area contributed by atoms with Crippen LogP contribution in [0.25, 0.3) is 0 Å². The van der Waals surface area contributed by atoms with Crippen molar-refractivity contribution in [1.82, 2.24) is 10.2 Å². The zero-order valence-corrected chi connectivity index (χ0v) is 10.9. The first-order valence-electron chi connectivity index (χ1n) is 6.03. The third kappa shape index (κ3) is 3.10. The van der Waals surface area contributed by atoms with E-state index >= 15 is 0 Å². The maximum Gasteiger partial charge on any atom is 0.315 e. The second-order valence-corrected chi connectivity index (χ2v) is 4.96. The van der Waals surface area contributed by atoms with Crippen molar-refractivity contribution >= 4 is 17.6 Å². The van der Waals surface area contributed by atoms with Gasteiger partial charge in [0.05, 0.1) is 6.10 Å². The Kier molecular flexibility index (Phi) is 4.23. The molecule has 1 saturated heterocycles. The highest BCUT2D eigenvalue weighted by molar-refractivity contribution is 6.20. The van der Waals surface area contributed by atoms with E-state index in [-0.39, 0.29) is 5.38 Å². The van der Waals surface area contributed by atoms with Crippen molar-refractivity contribution in [1.29, 1.82) is 0 Å². The van der Waals surface area contributed by atoms with E-state index in [9.17, 15) is 0 Å². The number of nitrogens with zero attached hydrogens (tertiary/aromatic N) is 2. The fourth-order valence-corrected chi connectivity index (χ4v) is 2.15. The summed E-state index contributed by atoms with van der Waals surface area (Å²) < 4.78 is 11.0. The average molecular weight is 260 g/mol. The van der Waals surface area contributed by atoms with Gasteiger partial charge >= 0.3 is 6.01 Å². The summed E-state index contributed by atoms with van der Waals surface area (Å²) in [5.41, 5.74) is 0. The van der Waals surface area contributed by atoms with Crippen LogP contribution in [0.4, 0.5) is 6.01 Å². The van der Waals surface area contributed by atoms with E-state index in [1.54, 1.807) is 6.92 Å². The van der Waals surface area contributed by atoms with E-state index in [2.05, 4.69) is 22.4 Å². The van der Waals surface area contributed by atoms with Gasteiger partial charge in [0.15, 0.2) is 0 Å². The number of halogens is 1. The monoisotopic (exact) mass is 259 g/mol. The molecule has 1 fully saturated rings. The van der Waals surface area contributed by atoms with Gasteiger partial charge < -0.3 is 14.5 Å². The molecule has 1 aliphatic rings. The number of hydrogen-bond acceptors (Lipinski definition) is 5. The lowest BCUT2D eigenvalue weighted by Gasteiger charge is -2.16. The molecule has 1 N–H and O–H groups in total. The van der Waals surface area contributed by atoms with Crippen LogP contribution in [0.5, 0.6) is 0 Å². The Morgan fingerprint density at radius 3 is 3.00 bits per heavy atom. The van der Waals surface area contributed by atoms with E-state index in [4.69, 9.17) is 20.8 Å². The number of rotatable bonds is 5. The standard InChI is InChI=1S/C11H18ClN3O2/c1-3-9-8(4-5-16-9)6-13-11-15-14-10(17-11)7(2)12/h7-9H,3-6H2,1-2H3,(H,13,15). The van der Waals surface area contributed by atoms with Crippen LogP contribution < -0.4 is 5.32 Å². The maximum absolute atomic E-state index is 5.85. The van der Waals surface area contributed by atoms with Gasteiger partial charge in [-0.25, -0.2) is 0 Å². The Bertz CT molecular complexity index is 356. The molecule has 0 radical (unpaired) electrons. The normalized spacial score (nSPS) is 26.1. The second-order valence-electron chi connectivity index (χ2n) is 4.31. The molecule has 17 heavy (non-hydrogen) atoms. The lowest BCUT2D eigenvalue weighted by atomic mass is 10.00. The molecule has 1 aromatic heterocycles. The van der Waals surface area contributed by atoms with Crippen LogP contribution in [0.3, 0.4) is 0 Å². The van der Waals surface area contributed by atoms with Crippen LogP contribution >= 0.6 is 11.6 Å². The van der Waals surface area contributed by atoms with Gasteiger partial charge in [-0.2, -0.15) is 0 Å². The molecule has 2 rings (SSSR count). The van der Waals surface area contributed by atoms with Crippen molar-refractivity contribution in [3.63, 3.8) is 0 Å². The molecule has 3 unspecified atom stereocenters. The van der Waals surface area contributed by atoms with E-state index in [0.717, 1.165) is 26.0 Å². The molecule has 0 bridgehead atoms. The van der Waals surface area contributed by atoms with Crippen LogP contribution in [-0.2, 0) is 4.74 Å². The Morgan fingerprint density at radius 2 is 2.35 bits per heavy atom. The van der Waals surface area contributed by atoms with Gasteiger partial charge in [-0.1, -0.05) is 12.0 Å². The van der Waals surface area contributed by atoms with Gasteiger partial charge in [0.25, 0.3) is 0 Å². The molecule has 0 aliphatic carbocycles. The molecule has 5 nitrogen and oxygen atoms in total. The van der Waals surface area contributed by atoms with Crippen LogP contribution in [0, 0.1) is 5.92 Å². The van der Waals surface area contributed by atoms with Crippen LogP contribution in [0.2, 0.25) is 0 Å². The second kappa shape index (κ2) is 5.69. The number of hydrogen-bond donors (Lipinski definition) is 1. The number of alkyl halides is 1. The molecule has 6 heteroatoms. The van der Waals surface area contributed by atoms with Gasteiger partial charge in [0.2, 0.25) is 5.89 Å². The molecule has 0 saturated carbocycles. The summed E-state index contributed by atoms with van der Waals surface area (Å²) in [4.78, 5) is 0. The number of nitrogens with one attached hydrogen (secondary N) is 1. The summed E-state index contributed by atoms with van der Waals surface area (Å²) in [5, 5.41) is 10.6. The molecule has 3 atom stereocenters. The highest BCUT2D eigenvalue weighted by atomic mass is 35.5. The predicted octanol–water partition coefficient (Wildman–Crippen LogP) is 2.60. The zero-order chi connectivity index (χ0) is 12.3. The van der Waals surface area contributed by atoms with E-state index in [1.165, 1.54) is 0 Å². The number of aromatic nitrogens is 2. The third-order valence-corrected chi connectivity index (χ3v) is 3.23. The van der Waals surface area contributed by atoms with Gasteiger partial charge in [-0.3, -0.25) is 0 Å². The van der Waals surface area contributed by atoms with E-state index < -0.39 is 0 Å². The Hall–Kier alpha value is -0.810. The molecule has 1 aromatic rings. The van der Waals surface area contributed by atoms with E-state index in [0.29, 0.717) is 23.9 Å². The van der Waals surface area contributed by atoms with Gasteiger partial charge in [0.1, 0.15) is 5.38 Å². The van der Waals surface area contributed by atoms with Crippen molar-refractivity contribution in [3.05, 3.63) is 5.89 Å². The first-order valence-corrected chi connectivity index (χ1v) is 6.47. The highest BCUT2D eigenvalue weighted by Crippen LogP contribution is 2.24. The SMILES string of the molecule is CCC1OCCC1CNc1nnc(C(C)Cl)o1. The molecule has 1 aliphatic heterocycles. The van der Waals surface area contributed by atoms with Crippen LogP contribution in [0.15, 0.2) is 4.42 Å². The fraction of sp³-hybridized carbons (Fsp3) is 0.818. The summed E-state index contributed by atoms with van der Waals surface area (Å²) in [5.74, 6) is 0.965. The minimum atomic E-state index is -0.253. The minimum Gasteiger partial charge on any atom is -0.407 e. The van der Waals surface area contributed by atoms with Crippen LogP contribution in [0.1, 0.15) is 38.0 Å². The lowest BCUT2D eigenvalue weighted by molar-refractivity contribution is 0.0899. The van der Waals surface area contributed by atoms with Crippen LogP contribution in [-0.4, -0.2) is 29.5 Å². The molecule has 96 valence electrons. The summed E-state index contributed by atoms with van der Waals surface area (Å²) in [6.07, 6.45) is 2.47. The Balaban J connectivity index is 1.84. The largest absolute Gasteiger partial charge is 0.407 e. The number of anilines is 1. The molecule has 2 heterocycles. The first-order chi connectivity index (χ1) is 8.20. The van der Waals surface area contributed by atoms with Gasteiger partial charge in [-0.15, -0.1) is 16.7 Å². The summed E-state index contributed by atoms with van der Waals surface area (Å²) in [7, 11) is 0. The molecule has 0 spiro atoms. The topological polar surface area (TPSA) is 60.2 Å². The third-order valence-electron chi connectivity index (χ3n) is 3.05. The van der Waals surface area contributed by atoms with Crippen molar-refractivity contribution in [3.8, 4) is 0 Å². The number of ether oxygens (including phenoxy) is 1. The minimum absolute atomic E-state index is 0.253. The maximum atomic E-state index is 5.85. The predicted molar refractivity (Wildman–Crippen MR) is 65.2 cm³/mol. The van der Waals surface area contributed by atoms with Gasteiger partial charge in [0, 0.05) is 19.1 Å². The quantitative estimate of drug-likeness (QED) is 0.824. The summed E-state index contributed by atoms with van der Waals surface area (Å²) in [6.45, 7) is 5.59. The molecular formula is C11H18ClN3O2. The highest BCUT2D eigenvalue weighted by Gasteiger charge is 2.26. The summed E-state index contributed by atoms with van der Waals surface area (Å²) >= 11 is 5.85. The Morgan fingerprint density at radius 1 is 1.53 bits per heavy atom. The van der Waals surface area contributed by atoms with Crippen molar-refractivity contribution < 1.29 is 9.15 Å². The molecule has 0 amide bonds. The van der Waals surface area contributed by atoms with E-state index in [1.807, 2.05) is 0 Å². The smallest absolute Gasteiger partial charge is 0.315 e. The zero-order valence-electron chi connectivity index (χ0n) is 10.1. The average Bonchev–Trinajstić information content (AvgIpc) is 2.95. The van der Waals surface area contributed by atoms with Crippen molar-refractivity contribution in [2.45, 2.75) is 38.2 Å². The summed E-state index contributed by atoms with van der Waals surface area (Å²) in [6, 6.07) is 0.439.